The van der Waals surface area contributed by atoms with Gasteiger partial charge >= 0.3 is 0 Å². The minimum absolute atomic E-state index is 0.704. The van der Waals surface area contributed by atoms with E-state index in [2.05, 4.69) is 32.2 Å². The summed E-state index contributed by atoms with van der Waals surface area (Å²) in [6.45, 7) is 8.57. The molecular weight excluding hydrogens is 250 g/mol. The molecule has 17 heavy (non-hydrogen) atoms. The Balaban J connectivity index is 2.69. The summed E-state index contributed by atoms with van der Waals surface area (Å²) in [6.07, 6.45) is 1.15. The minimum Gasteiger partial charge on any atom is -0.313 e. The van der Waals surface area contributed by atoms with Gasteiger partial charge in [0.05, 0.1) is 0 Å². The van der Waals surface area contributed by atoms with Crippen molar-refractivity contribution in [2.75, 3.05) is 12.3 Å². The molecule has 1 N–H and O–H groups in total. The Morgan fingerprint density at radius 3 is 2.76 bits per heavy atom. The van der Waals surface area contributed by atoms with Crippen molar-refractivity contribution in [3.8, 4) is 0 Å². The predicted molar refractivity (Wildman–Crippen MR) is 79.0 cm³/mol. The lowest BCUT2D eigenvalue weighted by Crippen LogP contribution is -2.14. The molecule has 0 aliphatic heterocycles. The molecule has 0 saturated carbocycles. The Morgan fingerprint density at radius 2 is 2.12 bits per heavy atom. The molecule has 0 aromatic heterocycles. The number of benzene rings is 1. The number of hydrogen-bond donors (Lipinski definition) is 1. The van der Waals surface area contributed by atoms with Crippen molar-refractivity contribution in [2.45, 2.75) is 38.6 Å². The first kappa shape index (κ1) is 14.9. The molecule has 0 atom stereocenters. The molecular formula is C14H22ClNS. The summed E-state index contributed by atoms with van der Waals surface area (Å²) in [6, 6.07) is 6.18. The van der Waals surface area contributed by atoms with E-state index in [0.717, 1.165) is 30.3 Å². The summed E-state index contributed by atoms with van der Waals surface area (Å²) in [7, 11) is 0. The lowest BCUT2D eigenvalue weighted by atomic mass is 10.2. The smallest absolute Gasteiger partial charge is 0.0462 e. The van der Waals surface area contributed by atoms with Crippen molar-refractivity contribution >= 4 is 23.4 Å². The molecule has 0 fully saturated rings. The van der Waals surface area contributed by atoms with Crippen molar-refractivity contribution in [1.29, 1.82) is 0 Å². The summed E-state index contributed by atoms with van der Waals surface area (Å²) in [4.78, 5) is 1.31. The average molecular weight is 272 g/mol. The zero-order valence-electron chi connectivity index (χ0n) is 10.9. The quantitative estimate of drug-likeness (QED) is 0.575. The number of thioether (sulfide) groups is 1. The molecule has 0 radical (unpaired) electrons. The zero-order valence-corrected chi connectivity index (χ0v) is 12.5. The second-order valence-electron chi connectivity index (χ2n) is 4.60. The third-order valence-electron chi connectivity index (χ3n) is 2.38. The van der Waals surface area contributed by atoms with Crippen LogP contribution in [0.2, 0.25) is 5.02 Å². The van der Waals surface area contributed by atoms with Crippen LogP contribution < -0.4 is 5.32 Å². The Hall–Kier alpha value is -0.180. The van der Waals surface area contributed by atoms with Crippen molar-refractivity contribution in [1.82, 2.24) is 5.32 Å². The Morgan fingerprint density at radius 1 is 1.35 bits per heavy atom. The van der Waals surface area contributed by atoms with Crippen LogP contribution in [0.5, 0.6) is 0 Å². The molecule has 3 heteroatoms. The van der Waals surface area contributed by atoms with Gasteiger partial charge in [-0.3, -0.25) is 0 Å². The highest BCUT2D eigenvalue weighted by atomic mass is 35.5. The molecule has 1 aromatic rings. The molecule has 0 heterocycles. The van der Waals surface area contributed by atoms with Crippen LogP contribution in [-0.4, -0.2) is 12.3 Å². The molecule has 1 nitrogen and oxygen atoms in total. The van der Waals surface area contributed by atoms with Gasteiger partial charge in [0.15, 0.2) is 0 Å². The van der Waals surface area contributed by atoms with Gasteiger partial charge in [-0.05, 0) is 36.6 Å². The van der Waals surface area contributed by atoms with Crippen molar-refractivity contribution in [2.24, 2.45) is 5.92 Å². The van der Waals surface area contributed by atoms with Crippen LogP contribution in [0.15, 0.2) is 23.1 Å². The Labute approximate surface area is 114 Å². The summed E-state index contributed by atoms with van der Waals surface area (Å²) < 4.78 is 0. The van der Waals surface area contributed by atoms with Gasteiger partial charge in [-0.1, -0.05) is 38.4 Å². The fraction of sp³-hybridized carbons (Fsp3) is 0.571. The highest BCUT2D eigenvalue weighted by molar-refractivity contribution is 7.99. The van der Waals surface area contributed by atoms with E-state index in [1.807, 2.05) is 23.9 Å². The van der Waals surface area contributed by atoms with Gasteiger partial charge in [-0.2, -0.15) is 0 Å². The topological polar surface area (TPSA) is 12.0 Å². The molecule has 0 amide bonds. The van der Waals surface area contributed by atoms with Crippen molar-refractivity contribution in [3.05, 3.63) is 28.8 Å². The molecule has 1 rings (SSSR count). The van der Waals surface area contributed by atoms with Gasteiger partial charge in [-0.25, -0.2) is 0 Å². The Bertz CT molecular complexity index is 339. The van der Waals surface area contributed by atoms with Gasteiger partial charge in [0, 0.05) is 22.2 Å². The number of hydrogen-bond acceptors (Lipinski definition) is 2. The molecule has 0 spiro atoms. The molecule has 0 saturated heterocycles. The summed E-state index contributed by atoms with van der Waals surface area (Å²) in [5.74, 6) is 1.84. The molecule has 96 valence electrons. The second-order valence-corrected chi connectivity index (χ2v) is 6.07. The summed E-state index contributed by atoms with van der Waals surface area (Å²) in [5, 5.41) is 4.30. The lowest BCUT2D eigenvalue weighted by molar-refractivity contribution is 0.669. The van der Waals surface area contributed by atoms with E-state index in [-0.39, 0.29) is 0 Å². The zero-order chi connectivity index (χ0) is 12.7. The first-order valence-electron chi connectivity index (χ1n) is 6.26. The van der Waals surface area contributed by atoms with Gasteiger partial charge in [0.2, 0.25) is 0 Å². The third kappa shape index (κ3) is 5.33. The first-order valence-corrected chi connectivity index (χ1v) is 7.62. The van der Waals surface area contributed by atoms with E-state index in [1.165, 1.54) is 10.5 Å². The van der Waals surface area contributed by atoms with Gasteiger partial charge in [0.1, 0.15) is 0 Å². The standard InChI is InChI=1S/C14H22ClNS/c1-4-8-16-9-12-13(15)6-5-7-14(12)17-10-11(2)3/h5-7,11,16H,4,8-10H2,1-3H3. The summed E-state index contributed by atoms with van der Waals surface area (Å²) in [5.41, 5.74) is 1.24. The van der Waals surface area contributed by atoms with Crippen molar-refractivity contribution in [3.63, 3.8) is 0 Å². The third-order valence-corrected chi connectivity index (χ3v) is 4.26. The average Bonchev–Trinajstić information content (AvgIpc) is 2.29. The minimum atomic E-state index is 0.704. The summed E-state index contributed by atoms with van der Waals surface area (Å²) >= 11 is 8.17. The van der Waals surface area contributed by atoms with Crippen LogP contribution >= 0.6 is 23.4 Å². The Kier molecular flexibility index (Phi) is 7.02. The molecule has 1 aromatic carbocycles. The van der Waals surface area contributed by atoms with E-state index in [0.29, 0.717) is 5.92 Å². The number of halogens is 1. The molecule has 0 aliphatic rings. The van der Waals surface area contributed by atoms with E-state index in [4.69, 9.17) is 11.6 Å². The van der Waals surface area contributed by atoms with Crippen LogP contribution in [0.25, 0.3) is 0 Å². The van der Waals surface area contributed by atoms with Crippen LogP contribution in [0.4, 0.5) is 0 Å². The first-order chi connectivity index (χ1) is 8.15. The fourth-order valence-electron chi connectivity index (χ4n) is 1.49. The number of nitrogens with one attached hydrogen (secondary N) is 1. The van der Waals surface area contributed by atoms with Crippen LogP contribution in [0.3, 0.4) is 0 Å². The number of rotatable bonds is 7. The predicted octanol–water partition coefficient (Wildman–Crippen LogP) is 4.59. The van der Waals surface area contributed by atoms with Gasteiger partial charge in [-0.15, -0.1) is 11.8 Å². The van der Waals surface area contributed by atoms with E-state index < -0.39 is 0 Å². The fourth-order valence-corrected chi connectivity index (χ4v) is 2.83. The maximum absolute atomic E-state index is 6.27. The largest absolute Gasteiger partial charge is 0.313 e. The van der Waals surface area contributed by atoms with Gasteiger partial charge < -0.3 is 5.32 Å². The lowest BCUT2D eigenvalue weighted by Gasteiger charge is -2.12. The van der Waals surface area contributed by atoms with Gasteiger partial charge in [0.25, 0.3) is 0 Å². The maximum atomic E-state index is 6.27. The SMILES string of the molecule is CCCNCc1c(Cl)cccc1SCC(C)C. The highest BCUT2D eigenvalue weighted by Crippen LogP contribution is 2.29. The molecule has 0 bridgehead atoms. The van der Waals surface area contributed by atoms with E-state index in [1.54, 1.807) is 0 Å². The van der Waals surface area contributed by atoms with Crippen LogP contribution in [0, 0.1) is 5.92 Å². The van der Waals surface area contributed by atoms with Crippen molar-refractivity contribution < 1.29 is 0 Å². The second kappa shape index (κ2) is 8.02. The maximum Gasteiger partial charge on any atom is 0.0462 e. The van der Waals surface area contributed by atoms with Crippen LogP contribution in [-0.2, 0) is 6.54 Å². The molecule has 0 unspecified atom stereocenters. The normalized spacial score (nSPS) is 11.1. The van der Waals surface area contributed by atoms with Crippen LogP contribution in [0.1, 0.15) is 32.8 Å². The monoisotopic (exact) mass is 271 g/mol. The van der Waals surface area contributed by atoms with E-state index >= 15 is 0 Å². The van der Waals surface area contributed by atoms with E-state index in [9.17, 15) is 0 Å². The molecule has 0 aliphatic carbocycles. The highest BCUT2D eigenvalue weighted by Gasteiger charge is 2.07.